The first-order valence-corrected chi connectivity index (χ1v) is 40.8. The number of aliphatic hydroxyl groups excluding tert-OH is 3. The zero-order valence-corrected chi connectivity index (χ0v) is 64.8. The Labute approximate surface area is 592 Å². The summed E-state index contributed by atoms with van der Waals surface area (Å²) in [6, 6.07) is 2.51. The van der Waals surface area contributed by atoms with Crippen molar-refractivity contribution in [3.05, 3.63) is 0 Å². The van der Waals surface area contributed by atoms with E-state index >= 15 is 0 Å². The average molecular weight is 1370 g/mol. The monoisotopic (exact) mass is 1370 g/mol. The molecule has 28 atom stereocenters. The van der Waals surface area contributed by atoms with Gasteiger partial charge in [0.1, 0.15) is 12.2 Å². The average Bonchev–Trinajstić information content (AvgIpc) is 1.46. The van der Waals surface area contributed by atoms with Gasteiger partial charge in [0.25, 0.3) is 0 Å². The molecular weight excluding hydrogens is 1230 g/mol. The van der Waals surface area contributed by atoms with Crippen LogP contribution in [0.5, 0.6) is 0 Å². The lowest BCUT2D eigenvalue weighted by Crippen LogP contribution is -2.64. The minimum atomic E-state index is -1.24. The number of morpholine rings is 2. The van der Waals surface area contributed by atoms with Gasteiger partial charge in [-0.1, -0.05) is 69.2 Å². The van der Waals surface area contributed by atoms with Crippen molar-refractivity contribution in [1.29, 1.82) is 0 Å². The third-order valence-corrected chi connectivity index (χ3v) is 35.0. The molecule has 0 aromatic carbocycles. The van der Waals surface area contributed by atoms with Crippen molar-refractivity contribution in [3.63, 3.8) is 0 Å². The van der Waals surface area contributed by atoms with Crippen LogP contribution >= 0.6 is 0 Å². The van der Waals surface area contributed by atoms with E-state index in [-0.39, 0.29) is 81.5 Å². The number of ether oxygens (including phenoxy) is 7. The molecule has 16 nitrogen and oxygen atoms in total. The Hall–Kier alpha value is -0.640. The summed E-state index contributed by atoms with van der Waals surface area (Å²) < 4.78 is 46.5. The zero-order chi connectivity index (χ0) is 70.2. The predicted molar refractivity (Wildman–Crippen MR) is 380 cm³/mol. The van der Waals surface area contributed by atoms with E-state index in [4.69, 9.17) is 33.2 Å². The third kappa shape index (κ3) is 10.4. The van der Waals surface area contributed by atoms with Crippen LogP contribution in [-0.4, -0.2) is 226 Å². The van der Waals surface area contributed by atoms with Gasteiger partial charge >= 0.3 is 0 Å². The molecule has 16 heteroatoms. The summed E-state index contributed by atoms with van der Waals surface area (Å²) in [5, 5.41) is 57.9. The molecule has 98 heavy (non-hydrogen) atoms. The smallest absolute Gasteiger partial charge is 0.170 e. The topological polar surface area (TPSA) is 179 Å². The quantitative estimate of drug-likeness (QED) is 0.111. The maximum absolute atomic E-state index is 12.6. The van der Waals surface area contributed by atoms with E-state index in [1.807, 2.05) is 20.8 Å². The van der Waals surface area contributed by atoms with Crippen LogP contribution < -0.4 is 0 Å². The Morgan fingerprint density at radius 2 is 0.898 bits per heavy atom. The Morgan fingerprint density at radius 3 is 1.29 bits per heavy atom. The fourth-order valence-corrected chi connectivity index (χ4v) is 29.7. The molecule has 16 aliphatic rings. The molecule has 6 saturated heterocycles. The summed E-state index contributed by atoms with van der Waals surface area (Å²) in [5.74, 6) is 3.54. The molecule has 0 aromatic rings. The molecule has 6 aliphatic heterocycles. The van der Waals surface area contributed by atoms with Gasteiger partial charge in [-0.25, -0.2) is 0 Å². The zero-order valence-electron chi connectivity index (χ0n) is 64.8. The Bertz CT molecular complexity index is 2910. The lowest BCUT2D eigenvalue weighted by molar-refractivity contribution is -0.253. The van der Waals surface area contributed by atoms with Gasteiger partial charge in [-0.05, 0) is 256 Å². The molecule has 6 heterocycles. The largest absolute Gasteiger partial charge is 0.390 e. The lowest BCUT2D eigenvalue weighted by Gasteiger charge is -2.64. The van der Waals surface area contributed by atoms with Crippen molar-refractivity contribution in [2.45, 2.75) is 343 Å². The summed E-state index contributed by atoms with van der Waals surface area (Å²) in [4.78, 5) is 10.4. The molecule has 0 radical (unpaired) electrons. The second kappa shape index (κ2) is 24.4. The molecular formula is C82H140N4O12. The van der Waals surface area contributed by atoms with Crippen LogP contribution in [-0.2, 0) is 33.2 Å². The van der Waals surface area contributed by atoms with Gasteiger partial charge in [0, 0.05) is 94.0 Å². The van der Waals surface area contributed by atoms with Crippen molar-refractivity contribution in [3.8, 4) is 0 Å². The molecule has 0 amide bonds. The molecule has 2 unspecified atom stereocenters. The minimum absolute atomic E-state index is 0.0135. The molecule has 16 rings (SSSR count). The van der Waals surface area contributed by atoms with E-state index in [0.29, 0.717) is 93.9 Å². The van der Waals surface area contributed by atoms with Crippen LogP contribution in [0.2, 0.25) is 0 Å². The van der Waals surface area contributed by atoms with Gasteiger partial charge in [0.05, 0.1) is 73.2 Å². The molecule has 0 aromatic heterocycles. The van der Waals surface area contributed by atoms with Crippen molar-refractivity contribution in [2.75, 3.05) is 72.2 Å². The van der Waals surface area contributed by atoms with Gasteiger partial charge in [0.2, 0.25) is 0 Å². The van der Waals surface area contributed by atoms with Gasteiger partial charge in [-0.15, -0.1) is 0 Å². The standard InChI is InChI=1S/C42H72N2O6.C40H68N2O6/c1-11-47-36(38(7,8)46)28-20-26(4)33-34(49-28)35(45)40(10)30-13-12-29-37(5,6)31(14-15-41(29)24-42(30,41)17-16-39(33,40)9)50-32-23-43(18-19-48-32)27-21-44(22-27)25(2)3;1-23(2)42-19-25(20-42)41-16-17-46-30(21-41)48-29-12-13-39-22-40(39)15-14-37(8)31-24(3)18-26(33(43)36(6,7)45)47-32(31)34(44)38(37,9)28(40)11-10-27(39)35(29,4)5/h25-36,45-46H,11-24H2,1-10H3;23-34,43-45H,10-22H2,1-9H3/t26-,28-,29+,30+,31+,32+,33+,34+,35+,36+,39-,40-,41?,42+;24-,26-,27+,28+,29+,30+,31+,32+,33+,34+,37-,38-,39?,40+/m11/s1. The van der Waals surface area contributed by atoms with Gasteiger partial charge in [0.15, 0.2) is 12.6 Å². The SMILES string of the molecule is CC(C)N1CC(N2CCO[C@@H](O[C@H]3CCC45C[C@]46CC[C@]4(C)[C@@H]7[C@H](O[C@@H]([C@H](O)C(C)(C)O)C[C@H]7C)[C@H](O)[C@@]4(C)[C@@H]6CC[C@H]5C3(C)C)C2)C1.CCO[C@@H]([C@H]1C[C@@H](C)[C@H]2[C@H](O1)[C@H](O)[C@@]1(C)[C@@H]3CC[C@H]4C(C)(C)[C@@H](O[C@H]5CN(C6CN(C(C)C)C6)CCO5)CCC45C[C@@]35CC[C@]21C)C(C)(C)O. The Balaban J connectivity index is 0.000000160. The summed E-state index contributed by atoms with van der Waals surface area (Å²) in [6.07, 6.45) is 15.1. The normalized spacial score (nSPS) is 52.0. The predicted octanol–water partition coefficient (Wildman–Crippen LogP) is 11.2. The van der Waals surface area contributed by atoms with Crippen molar-refractivity contribution < 1.29 is 58.7 Å². The number of rotatable bonds is 14. The van der Waals surface area contributed by atoms with Gasteiger partial charge in [-0.3, -0.25) is 19.6 Å². The van der Waals surface area contributed by atoms with Gasteiger partial charge in [-0.2, -0.15) is 0 Å². The number of nitrogens with zero attached hydrogens (tertiary/aromatic N) is 4. The maximum atomic E-state index is 12.6. The summed E-state index contributed by atoms with van der Waals surface area (Å²) in [5.41, 5.74) is -1.20. The highest BCUT2D eigenvalue weighted by atomic mass is 16.7. The molecule has 5 N–H and O–H groups in total. The lowest BCUT2D eigenvalue weighted by atomic mass is 9.41. The van der Waals surface area contributed by atoms with E-state index in [2.05, 4.69) is 117 Å². The summed E-state index contributed by atoms with van der Waals surface area (Å²) in [7, 11) is 0. The number of aliphatic hydroxyl groups is 5. The van der Waals surface area contributed by atoms with Crippen LogP contribution in [0.1, 0.15) is 234 Å². The molecule has 16 fully saturated rings. The Morgan fingerprint density at radius 1 is 0.510 bits per heavy atom. The van der Waals surface area contributed by atoms with E-state index in [9.17, 15) is 25.5 Å². The van der Waals surface area contributed by atoms with Crippen LogP contribution in [0.4, 0.5) is 0 Å². The van der Waals surface area contributed by atoms with Crippen molar-refractivity contribution in [2.24, 2.45) is 101 Å². The molecule has 560 valence electrons. The van der Waals surface area contributed by atoms with E-state index < -0.39 is 41.7 Å². The van der Waals surface area contributed by atoms with Gasteiger partial charge < -0.3 is 58.7 Å². The first kappa shape index (κ1) is 72.9. The maximum Gasteiger partial charge on any atom is 0.170 e. The van der Waals surface area contributed by atoms with Crippen molar-refractivity contribution in [1.82, 2.24) is 19.6 Å². The number of fused-ring (bicyclic) bond motifs is 8. The number of likely N-dealkylation sites (tertiary alicyclic amines) is 2. The second-order valence-electron chi connectivity index (χ2n) is 41.0. The highest BCUT2D eigenvalue weighted by molar-refractivity contribution is 5.35. The minimum Gasteiger partial charge on any atom is -0.390 e. The van der Waals surface area contributed by atoms with Crippen LogP contribution in [0.3, 0.4) is 0 Å². The summed E-state index contributed by atoms with van der Waals surface area (Å²) in [6.45, 7) is 53.3. The second-order valence-corrected chi connectivity index (χ2v) is 41.0. The fourth-order valence-electron chi connectivity index (χ4n) is 29.7. The number of hydrogen-bond acceptors (Lipinski definition) is 16. The van der Waals surface area contributed by atoms with Crippen LogP contribution in [0.25, 0.3) is 0 Å². The van der Waals surface area contributed by atoms with E-state index in [1.54, 1.807) is 13.8 Å². The molecule has 4 spiro atoms. The van der Waals surface area contributed by atoms with Crippen LogP contribution in [0.15, 0.2) is 0 Å². The molecule has 10 aliphatic carbocycles. The van der Waals surface area contributed by atoms with E-state index in [0.717, 1.165) is 91.0 Å². The molecule has 0 bridgehead atoms. The third-order valence-electron chi connectivity index (χ3n) is 35.0. The first-order chi connectivity index (χ1) is 45.8. The Kier molecular flexibility index (Phi) is 18.2. The van der Waals surface area contributed by atoms with Crippen LogP contribution in [0, 0.1) is 101 Å². The molecule has 10 saturated carbocycles. The van der Waals surface area contributed by atoms with Crippen molar-refractivity contribution >= 4 is 0 Å². The highest BCUT2D eigenvalue weighted by Gasteiger charge is 2.87. The summed E-state index contributed by atoms with van der Waals surface area (Å²) >= 11 is 0. The van der Waals surface area contributed by atoms with E-state index in [1.165, 1.54) is 77.3 Å². The number of hydrogen-bond donors (Lipinski definition) is 5. The first-order valence-electron chi connectivity index (χ1n) is 40.8. The fraction of sp³-hybridized carbons (Fsp3) is 1.00. The highest BCUT2D eigenvalue weighted by Crippen LogP contribution is 2.91.